The average molecular weight is 480 g/mol. The largest absolute Gasteiger partial charge is 0.448 e. The van der Waals surface area contributed by atoms with Gasteiger partial charge in [0.25, 0.3) is 0 Å². The average Bonchev–Trinajstić information content (AvgIpc) is 3.20. The van der Waals surface area contributed by atoms with E-state index in [1.165, 1.54) is 22.3 Å². The molecule has 0 aromatic heterocycles. The molecule has 2 bridgehead atoms. The van der Waals surface area contributed by atoms with E-state index in [0.717, 1.165) is 36.0 Å². The van der Waals surface area contributed by atoms with Gasteiger partial charge < -0.3 is 14.7 Å². The number of carbonyl (C=O) groups is 1. The van der Waals surface area contributed by atoms with Gasteiger partial charge in [-0.2, -0.15) is 0 Å². The first-order chi connectivity index (χ1) is 17.4. The van der Waals surface area contributed by atoms with Crippen molar-refractivity contribution in [2.24, 2.45) is 0 Å². The molecule has 36 heavy (non-hydrogen) atoms. The van der Waals surface area contributed by atoms with Gasteiger partial charge in [-0.15, -0.1) is 0 Å². The summed E-state index contributed by atoms with van der Waals surface area (Å²) in [5.41, 5.74) is 6.99. The van der Waals surface area contributed by atoms with E-state index in [1.807, 2.05) is 36.1 Å². The molecule has 2 unspecified atom stereocenters. The van der Waals surface area contributed by atoms with Crippen molar-refractivity contribution in [1.82, 2.24) is 4.90 Å². The maximum atomic E-state index is 13.5. The summed E-state index contributed by atoms with van der Waals surface area (Å²) in [5, 5.41) is 11.7. The fraction of sp³-hybridized carbons (Fsp3) is 0.344. The number of allylic oxidation sites excluding steroid dienone is 1. The molecule has 0 spiro atoms. The first kappa shape index (κ1) is 23.1. The van der Waals surface area contributed by atoms with E-state index in [1.54, 1.807) is 0 Å². The Hall–Kier alpha value is -3.37. The third kappa shape index (κ3) is 3.84. The maximum Gasteiger partial charge on any atom is 0.410 e. The topological polar surface area (TPSA) is 49.8 Å². The number of piperidine rings is 2. The number of hydrogen-bond donors (Lipinski definition) is 1. The van der Waals surface area contributed by atoms with E-state index < -0.39 is 5.60 Å². The minimum Gasteiger partial charge on any atom is -0.448 e. The molecule has 2 aliphatic heterocycles. The molecule has 3 aromatic carbocycles. The van der Waals surface area contributed by atoms with Crippen LogP contribution in [0.1, 0.15) is 67.2 Å². The van der Waals surface area contributed by atoms with Crippen LogP contribution in [0.2, 0.25) is 0 Å². The van der Waals surface area contributed by atoms with Crippen molar-refractivity contribution in [3.63, 3.8) is 0 Å². The Morgan fingerprint density at radius 3 is 2.06 bits per heavy atom. The predicted molar refractivity (Wildman–Crippen MR) is 143 cm³/mol. The minimum absolute atomic E-state index is 0.0148. The number of ether oxygens (including phenoxy) is 1. The Balaban J connectivity index is 1.19. The zero-order chi connectivity index (χ0) is 24.9. The normalized spacial score (nSPS) is 24.7. The second kappa shape index (κ2) is 8.94. The fourth-order valence-electron chi connectivity index (χ4n) is 6.70. The number of nitrogens with zero attached hydrogens (tertiary/aromatic N) is 1. The zero-order valence-corrected chi connectivity index (χ0v) is 20.8. The van der Waals surface area contributed by atoms with Crippen molar-refractivity contribution < 1.29 is 14.6 Å². The second-order valence-electron chi connectivity index (χ2n) is 10.7. The molecule has 4 heteroatoms. The van der Waals surface area contributed by atoms with Crippen LogP contribution in [0.3, 0.4) is 0 Å². The fourth-order valence-corrected chi connectivity index (χ4v) is 6.70. The number of hydrogen-bond acceptors (Lipinski definition) is 3. The summed E-state index contributed by atoms with van der Waals surface area (Å²) in [6.45, 7) is 6.33. The van der Waals surface area contributed by atoms with Crippen molar-refractivity contribution in [3.8, 4) is 11.1 Å². The molecule has 4 nitrogen and oxygen atoms in total. The predicted octanol–water partition coefficient (Wildman–Crippen LogP) is 6.87. The quantitative estimate of drug-likeness (QED) is 0.444. The molecule has 2 heterocycles. The highest BCUT2D eigenvalue weighted by molar-refractivity contribution is 5.79. The third-order valence-electron chi connectivity index (χ3n) is 8.47. The van der Waals surface area contributed by atoms with Crippen LogP contribution < -0.4 is 0 Å². The summed E-state index contributed by atoms with van der Waals surface area (Å²) in [6.07, 6.45) is 3.71. The number of carbonyl (C=O) groups excluding carboxylic acids is 1. The lowest BCUT2D eigenvalue weighted by Gasteiger charge is -2.51. The van der Waals surface area contributed by atoms with Crippen LogP contribution in [0.5, 0.6) is 0 Å². The van der Waals surface area contributed by atoms with Crippen molar-refractivity contribution >= 4 is 11.7 Å². The molecule has 184 valence electrons. The van der Waals surface area contributed by atoms with Gasteiger partial charge in [-0.25, -0.2) is 4.79 Å². The van der Waals surface area contributed by atoms with Crippen LogP contribution >= 0.6 is 0 Å². The Bertz CT molecular complexity index is 1250. The van der Waals surface area contributed by atoms with E-state index in [4.69, 9.17) is 4.74 Å². The molecule has 0 radical (unpaired) electrons. The smallest absolute Gasteiger partial charge is 0.410 e. The summed E-state index contributed by atoms with van der Waals surface area (Å²) in [5.74, 6) is 0.0507. The highest BCUT2D eigenvalue weighted by Crippen LogP contribution is 2.46. The van der Waals surface area contributed by atoms with Gasteiger partial charge in [-0.3, -0.25) is 0 Å². The summed E-state index contributed by atoms with van der Waals surface area (Å²) in [4.78, 5) is 15.4. The Morgan fingerprint density at radius 2 is 1.50 bits per heavy atom. The Labute approximate surface area is 213 Å². The van der Waals surface area contributed by atoms with Crippen molar-refractivity contribution in [2.75, 3.05) is 6.61 Å². The van der Waals surface area contributed by atoms with Crippen molar-refractivity contribution in [2.45, 2.75) is 62.6 Å². The van der Waals surface area contributed by atoms with Crippen molar-refractivity contribution in [1.29, 1.82) is 0 Å². The van der Waals surface area contributed by atoms with E-state index in [0.29, 0.717) is 19.4 Å². The Kier molecular flexibility index (Phi) is 5.72. The standard InChI is InChI=1S/C32H33NO3/c1-21(2)22-14-16-23(17-15-22)32(35)18-24-8-7-9-25(19-32)33(24)31(34)36-20-30-28-12-5-3-10-26(28)27-11-4-6-13-29(27)30/h3-6,10-17,24-25,30,35H,1,7-9,18-20H2,2H3. The monoisotopic (exact) mass is 479 g/mol. The summed E-state index contributed by atoms with van der Waals surface area (Å²) < 4.78 is 6.03. The highest BCUT2D eigenvalue weighted by Gasteiger charge is 2.48. The minimum atomic E-state index is -0.927. The van der Waals surface area contributed by atoms with Gasteiger partial charge in [0.1, 0.15) is 6.61 Å². The molecular formula is C32H33NO3. The van der Waals surface area contributed by atoms with Gasteiger partial charge in [0.2, 0.25) is 0 Å². The van der Waals surface area contributed by atoms with E-state index >= 15 is 0 Å². The number of amides is 1. The first-order valence-electron chi connectivity index (χ1n) is 13.1. The second-order valence-corrected chi connectivity index (χ2v) is 10.7. The van der Waals surface area contributed by atoms with Crippen LogP contribution in [0.15, 0.2) is 79.4 Å². The van der Waals surface area contributed by atoms with Gasteiger partial charge in [0.15, 0.2) is 0 Å². The Morgan fingerprint density at radius 1 is 0.944 bits per heavy atom. The van der Waals surface area contributed by atoms with E-state index in [9.17, 15) is 9.90 Å². The highest BCUT2D eigenvalue weighted by atomic mass is 16.6. The molecular weight excluding hydrogens is 446 g/mol. The molecule has 2 fully saturated rings. The molecule has 1 aliphatic carbocycles. The van der Waals surface area contributed by atoms with Crippen molar-refractivity contribution in [3.05, 3.63) is 102 Å². The molecule has 1 amide bonds. The molecule has 3 aromatic rings. The van der Waals surface area contributed by atoms with E-state index in [2.05, 4.69) is 55.1 Å². The lowest BCUT2D eigenvalue weighted by molar-refractivity contribution is -0.0891. The number of fused-ring (bicyclic) bond motifs is 5. The molecule has 3 aliphatic rings. The van der Waals surface area contributed by atoms with Crippen LogP contribution in [0.25, 0.3) is 16.7 Å². The summed E-state index contributed by atoms with van der Waals surface area (Å²) in [7, 11) is 0. The van der Waals surface area contributed by atoms with Gasteiger partial charge in [-0.1, -0.05) is 84.9 Å². The lowest BCUT2D eigenvalue weighted by Crippen LogP contribution is -2.59. The number of aliphatic hydroxyl groups is 1. The van der Waals surface area contributed by atoms with Gasteiger partial charge >= 0.3 is 6.09 Å². The summed E-state index contributed by atoms with van der Waals surface area (Å²) >= 11 is 0. The molecule has 6 rings (SSSR count). The number of benzene rings is 3. The first-order valence-corrected chi connectivity index (χ1v) is 13.1. The lowest BCUT2D eigenvalue weighted by atomic mass is 9.72. The zero-order valence-electron chi connectivity index (χ0n) is 20.8. The van der Waals surface area contributed by atoms with Gasteiger partial charge in [0.05, 0.1) is 5.60 Å². The van der Waals surface area contributed by atoms with Crippen LogP contribution in [-0.2, 0) is 10.3 Å². The molecule has 2 saturated heterocycles. The summed E-state index contributed by atoms with van der Waals surface area (Å²) in [6, 6.07) is 24.9. The van der Waals surface area contributed by atoms with Gasteiger partial charge in [-0.05, 0) is 59.6 Å². The molecule has 2 atom stereocenters. The molecule has 0 saturated carbocycles. The molecule has 1 N–H and O–H groups in total. The van der Waals surface area contributed by atoms with Gasteiger partial charge in [0, 0.05) is 30.8 Å². The maximum absolute atomic E-state index is 13.5. The van der Waals surface area contributed by atoms with E-state index in [-0.39, 0.29) is 24.1 Å². The SMILES string of the molecule is C=C(C)c1ccc(C2(O)CC3CCCC(C2)N3C(=O)OCC2c3ccccc3-c3ccccc32)cc1. The third-order valence-corrected chi connectivity index (χ3v) is 8.47. The van der Waals surface area contributed by atoms with Crippen LogP contribution in [0, 0.1) is 0 Å². The van der Waals surface area contributed by atoms with Crippen LogP contribution in [0.4, 0.5) is 4.79 Å². The number of rotatable bonds is 4. The van der Waals surface area contributed by atoms with Crippen LogP contribution in [-0.4, -0.2) is 34.8 Å².